The lowest BCUT2D eigenvalue weighted by molar-refractivity contribution is 0.620. The number of nitrogens with one attached hydrogen (secondary N) is 1. The first-order valence-electron chi connectivity index (χ1n) is 5.22. The zero-order valence-corrected chi connectivity index (χ0v) is 9.34. The zero-order valence-electron chi connectivity index (χ0n) is 9.34. The molecule has 84 valence electrons. The Balaban J connectivity index is 2.84. The van der Waals surface area contributed by atoms with Gasteiger partial charge in [0.25, 0.3) is 0 Å². The second-order valence-electron chi connectivity index (χ2n) is 3.73. The number of nitrogens with two attached hydrogens (primary N) is 1. The van der Waals surface area contributed by atoms with E-state index in [9.17, 15) is 4.39 Å². The summed E-state index contributed by atoms with van der Waals surface area (Å²) < 4.78 is 13.4. The van der Waals surface area contributed by atoms with Crippen molar-refractivity contribution in [2.75, 3.05) is 5.43 Å². The van der Waals surface area contributed by atoms with Crippen LogP contribution < -0.4 is 11.3 Å². The van der Waals surface area contributed by atoms with Gasteiger partial charge in [-0.15, -0.1) is 0 Å². The van der Waals surface area contributed by atoms with E-state index >= 15 is 0 Å². The van der Waals surface area contributed by atoms with E-state index in [1.165, 1.54) is 6.07 Å². The van der Waals surface area contributed by atoms with E-state index in [4.69, 9.17) is 5.84 Å². The van der Waals surface area contributed by atoms with E-state index < -0.39 is 0 Å². The summed E-state index contributed by atoms with van der Waals surface area (Å²) in [6.45, 7) is 3.73. The Kier molecular flexibility index (Phi) is 2.75. The van der Waals surface area contributed by atoms with Gasteiger partial charge in [-0.25, -0.2) is 4.39 Å². The molecule has 0 aliphatic heterocycles. The predicted octanol–water partition coefficient (Wildman–Crippen LogP) is 2.53. The number of aromatic nitrogens is 1. The van der Waals surface area contributed by atoms with Gasteiger partial charge in [-0.3, -0.25) is 10.8 Å². The van der Waals surface area contributed by atoms with Gasteiger partial charge in [0.05, 0.1) is 11.2 Å². The van der Waals surface area contributed by atoms with Crippen molar-refractivity contribution in [3.8, 4) is 0 Å². The summed E-state index contributed by atoms with van der Waals surface area (Å²) in [6, 6.07) is 5.02. The molecule has 1 aromatic heterocycles. The number of hydrogen-bond donors (Lipinski definition) is 2. The Morgan fingerprint density at radius 2 is 2.19 bits per heavy atom. The number of nitrogen functional groups attached to an aromatic ring is 1. The molecule has 0 aliphatic rings. The van der Waals surface area contributed by atoms with Crippen LogP contribution in [0.5, 0.6) is 0 Å². The molecule has 3 N–H and O–H groups in total. The van der Waals surface area contributed by atoms with Crippen molar-refractivity contribution in [2.24, 2.45) is 5.84 Å². The molecule has 0 fully saturated rings. The largest absolute Gasteiger partial charge is 0.323 e. The van der Waals surface area contributed by atoms with Crippen molar-refractivity contribution in [3.63, 3.8) is 0 Å². The molecule has 2 aromatic rings. The highest BCUT2D eigenvalue weighted by atomic mass is 19.1. The highest BCUT2D eigenvalue weighted by Crippen LogP contribution is 2.26. The SMILES string of the molecule is CCc1cc(NN)c2ccc(F)c(C)c2n1. The molecule has 4 heteroatoms. The van der Waals surface area contributed by atoms with E-state index in [0.717, 1.165) is 23.2 Å². The van der Waals surface area contributed by atoms with E-state index in [1.54, 1.807) is 13.0 Å². The molecule has 1 aromatic carbocycles. The smallest absolute Gasteiger partial charge is 0.128 e. The summed E-state index contributed by atoms with van der Waals surface area (Å²) in [5.41, 5.74) is 5.54. The van der Waals surface area contributed by atoms with Gasteiger partial charge in [-0.1, -0.05) is 6.92 Å². The fourth-order valence-corrected chi connectivity index (χ4v) is 1.76. The molecule has 0 bridgehead atoms. The summed E-state index contributed by atoms with van der Waals surface area (Å²) in [7, 11) is 0. The van der Waals surface area contributed by atoms with E-state index in [0.29, 0.717) is 11.1 Å². The third kappa shape index (κ3) is 1.61. The van der Waals surface area contributed by atoms with E-state index in [-0.39, 0.29) is 5.82 Å². The molecule has 0 atom stereocenters. The molecule has 0 amide bonds. The molecule has 0 saturated heterocycles. The summed E-state index contributed by atoms with van der Waals surface area (Å²) in [6.07, 6.45) is 0.792. The topological polar surface area (TPSA) is 50.9 Å². The van der Waals surface area contributed by atoms with E-state index in [1.807, 2.05) is 13.0 Å². The minimum Gasteiger partial charge on any atom is -0.323 e. The van der Waals surface area contributed by atoms with Crippen LogP contribution in [-0.2, 0) is 6.42 Å². The zero-order chi connectivity index (χ0) is 11.7. The van der Waals surface area contributed by atoms with Crippen LogP contribution in [0.2, 0.25) is 0 Å². The maximum absolute atomic E-state index is 13.4. The second-order valence-corrected chi connectivity index (χ2v) is 3.73. The van der Waals surface area contributed by atoms with Gasteiger partial charge >= 0.3 is 0 Å². The number of aryl methyl sites for hydroxylation is 2. The second kappa shape index (κ2) is 4.06. The maximum Gasteiger partial charge on any atom is 0.128 e. The van der Waals surface area contributed by atoms with Crippen molar-refractivity contribution >= 4 is 16.6 Å². The van der Waals surface area contributed by atoms with Crippen molar-refractivity contribution in [1.82, 2.24) is 4.98 Å². The number of anilines is 1. The number of hydrogen-bond acceptors (Lipinski definition) is 3. The Morgan fingerprint density at radius 3 is 2.81 bits per heavy atom. The van der Waals surface area contributed by atoms with Crippen molar-refractivity contribution in [1.29, 1.82) is 0 Å². The van der Waals surface area contributed by atoms with Crippen LogP contribution in [0.15, 0.2) is 18.2 Å². The summed E-state index contributed by atoms with van der Waals surface area (Å²) in [5, 5.41) is 0.846. The minimum absolute atomic E-state index is 0.240. The van der Waals surface area contributed by atoms with Crippen molar-refractivity contribution in [3.05, 3.63) is 35.3 Å². The molecule has 1 heterocycles. The molecular weight excluding hydrogens is 205 g/mol. The standard InChI is InChI=1S/C12H14FN3/c1-3-8-6-11(16-14)9-4-5-10(13)7(2)12(9)15-8/h4-6H,3,14H2,1-2H3,(H,15,16). The van der Waals surface area contributed by atoms with Gasteiger partial charge < -0.3 is 5.43 Å². The number of rotatable bonds is 2. The summed E-state index contributed by atoms with van der Waals surface area (Å²) >= 11 is 0. The first-order valence-corrected chi connectivity index (χ1v) is 5.22. The molecule has 0 unspecified atom stereocenters. The van der Waals surface area contributed by atoms with Gasteiger partial charge in [0.2, 0.25) is 0 Å². The van der Waals surface area contributed by atoms with Gasteiger partial charge in [0, 0.05) is 16.6 Å². The normalized spacial score (nSPS) is 10.8. The monoisotopic (exact) mass is 219 g/mol. The molecule has 0 aliphatic carbocycles. The third-order valence-corrected chi connectivity index (χ3v) is 2.74. The molecule has 0 spiro atoms. The first-order chi connectivity index (χ1) is 7.67. The lowest BCUT2D eigenvalue weighted by atomic mass is 10.1. The number of benzene rings is 1. The molecule has 3 nitrogen and oxygen atoms in total. The Bertz CT molecular complexity index is 537. The van der Waals surface area contributed by atoms with E-state index in [2.05, 4.69) is 10.4 Å². The first kappa shape index (κ1) is 10.8. The predicted molar refractivity (Wildman–Crippen MR) is 63.6 cm³/mol. The summed E-state index contributed by atoms with van der Waals surface area (Å²) in [4.78, 5) is 4.43. The molecule has 0 radical (unpaired) electrons. The highest BCUT2D eigenvalue weighted by molar-refractivity contribution is 5.93. The maximum atomic E-state index is 13.4. The fourth-order valence-electron chi connectivity index (χ4n) is 1.76. The quantitative estimate of drug-likeness (QED) is 0.602. The van der Waals surface area contributed by atoms with Crippen LogP contribution in [0.25, 0.3) is 10.9 Å². The van der Waals surface area contributed by atoms with Gasteiger partial charge in [-0.05, 0) is 31.5 Å². The van der Waals surface area contributed by atoms with Crippen molar-refractivity contribution < 1.29 is 4.39 Å². The van der Waals surface area contributed by atoms with Crippen LogP contribution in [0.1, 0.15) is 18.2 Å². The number of nitrogens with zero attached hydrogens (tertiary/aromatic N) is 1. The number of pyridine rings is 1. The lowest BCUT2D eigenvalue weighted by Gasteiger charge is -2.10. The average molecular weight is 219 g/mol. The van der Waals surface area contributed by atoms with Crippen LogP contribution in [0, 0.1) is 12.7 Å². The van der Waals surface area contributed by atoms with Gasteiger partial charge in [0.1, 0.15) is 5.82 Å². The molecular formula is C12H14FN3. The van der Waals surface area contributed by atoms with Gasteiger partial charge in [0.15, 0.2) is 0 Å². The van der Waals surface area contributed by atoms with Crippen LogP contribution in [0.3, 0.4) is 0 Å². The van der Waals surface area contributed by atoms with Crippen LogP contribution >= 0.6 is 0 Å². The molecule has 0 saturated carbocycles. The fraction of sp³-hybridized carbons (Fsp3) is 0.250. The Morgan fingerprint density at radius 1 is 1.44 bits per heavy atom. The molecule has 2 rings (SSSR count). The average Bonchev–Trinajstić information content (AvgIpc) is 2.32. The Hall–Kier alpha value is -1.68. The number of fused-ring (bicyclic) bond motifs is 1. The Labute approximate surface area is 93.5 Å². The highest BCUT2D eigenvalue weighted by Gasteiger charge is 2.09. The van der Waals surface area contributed by atoms with Crippen LogP contribution in [0.4, 0.5) is 10.1 Å². The van der Waals surface area contributed by atoms with Crippen LogP contribution in [-0.4, -0.2) is 4.98 Å². The third-order valence-electron chi connectivity index (χ3n) is 2.74. The molecule has 16 heavy (non-hydrogen) atoms. The number of halogens is 1. The van der Waals surface area contributed by atoms with Crippen molar-refractivity contribution in [2.45, 2.75) is 20.3 Å². The van der Waals surface area contributed by atoms with Gasteiger partial charge in [-0.2, -0.15) is 0 Å². The summed E-state index contributed by atoms with van der Waals surface area (Å²) in [5.74, 6) is 5.22. The number of hydrazine groups is 1. The lowest BCUT2D eigenvalue weighted by Crippen LogP contribution is -2.08. The minimum atomic E-state index is -0.240.